The number of carbonyl (C=O) groups is 1. The number of halogens is 5. The zero-order valence-electron chi connectivity index (χ0n) is 13.0. The second-order valence-electron chi connectivity index (χ2n) is 5.68. The summed E-state index contributed by atoms with van der Waals surface area (Å²) in [6.07, 6.45) is -2.63. The summed E-state index contributed by atoms with van der Waals surface area (Å²) in [6.45, 7) is 0. The van der Waals surface area contributed by atoms with Crippen LogP contribution in [-0.2, 0) is 17.4 Å². The van der Waals surface area contributed by atoms with Gasteiger partial charge in [-0.3, -0.25) is 0 Å². The Morgan fingerprint density at radius 2 is 1.92 bits per heavy atom. The molecule has 0 aliphatic heterocycles. The van der Waals surface area contributed by atoms with Crippen LogP contribution >= 0.6 is 11.6 Å². The summed E-state index contributed by atoms with van der Waals surface area (Å²) in [7, 11) is 0. The van der Waals surface area contributed by atoms with Crippen LogP contribution < -0.4 is 9.84 Å². The van der Waals surface area contributed by atoms with Crippen LogP contribution in [0.15, 0.2) is 36.4 Å². The highest BCUT2D eigenvalue weighted by atomic mass is 35.5. The summed E-state index contributed by atoms with van der Waals surface area (Å²) in [4.78, 5) is 10.8. The molecule has 0 saturated heterocycles. The monoisotopic (exact) mass is 385 g/mol. The first-order chi connectivity index (χ1) is 12.1. The van der Waals surface area contributed by atoms with E-state index in [1.165, 1.54) is 12.1 Å². The molecule has 0 heterocycles. The highest BCUT2D eigenvalue weighted by molar-refractivity contribution is 6.32. The molecule has 136 valence electrons. The molecule has 0 amide bonds. The summed E-state index contributed by atoms with van der Waals surface area (Å²) < 4.78 is 57.4. The first-order valence-electron chi connectivity index (χ1n) is 7.44. The van der Waals surface area contributed by atoms with Gasteiger partial charge in [-0.15, -0.1) is 0 Å². The fourth-order valence-corrected chi connectivity index (χ4v) is 3.02. The second kappa shape index (κ2) is 6.64. The molecule has 0 radical (unpaired) electrons. The third kappa shape index (κ3) is 3.67. The molecular formula is C18H10ClF4O3-. The molecule has 0 unspecified atom stereocenters. The molecule has 2 aromatic rings. The Hall–Kier alpha value is -2.54. The summed E-state index contributed by atoms with van der Waals surface area (Å²) >= 11 is 5.74. The first kappa shape index (κ1) is 18.3. The van der Waals surface area contributed by atoms with Gasteiger partial charge in [0.15, 0.2) is 11.6 Å². The normalized spacial score (nSPS) is 15.2. The number of carboxylic acid groups (broad SMARTS) is 1. The predicted molar refractivity (Wildman–Crippen MR) is 84.2 cm³/mol. The van der Waals surface area contributed by atoms with Crippen molar-refractivity contribution in [3.63, 3.8) is 0 Å². The highest BCUT2D eigenvalue weighted by Gasteiger charge is 2.32. The Morgan fingerprint density at radius 1 is 1.19 bits per heavy atom. The van der Waals surface area contributed by atoms with Crippen molar-refractivity contribution in [3.05, 3.63) is 63.9 Å². The van der Waals surface area contributed by atoms with Gasteiger partial charge in [0.1, 0.15) is 5.75 Å². The number of aliphatic carboxylic acids is 1. The molecule has 3 rings (SSSR count). The lowest BCUT2D eigenvalue weighted by molar-refractivity contribution is -0.297. The SMILES string of the molecule is O=C([O-])/C=C1/CCc2ccc(Oc3c(F)cc(C(F)(F)F)cc3Cl)cc21. The molecule has 0 atom stereocenters. The number of hydrogen-bond acceptors (Lipinski definition) is 3. The number of fused-ring (bicyclic) bond motifs is 1. The minimum absolute atomic E-state index is 0.121. The average Bonchev–Trinajstić information content (AvgIpc) is 2.91. The van der Waals surface area contributed by atoms with Crippen molar-refractivity contribution in [2.45, 2.75) is 19.0 Å². The van der Waals surface area contributed by atoms with E-state index >= 15 is 0 Å². The van der Waals surface area contributed by atoms with E-state index in [-0.39, 0.29) is 5.75 Å². The summed E-state index contributed by atoms with van der Waals surface area (Å²) in [5.41, 5.74) is 0.795. The number of carboxylic acids is 1. The van der Waals surface area contributed by atoms with Crippen LogP contribution in [0.3, 0.4) is 0 Å². The number of carbonyl (C=O) groups excluding carboxylic acids is 1. The number of rotatable bonds is 3. The predicted octanol–water partition coefficient (Wildman–Crippen LogP) is 4.37. The molecule has 0 fully saturated rings. The molecule has 26 heavy (non-hydrogen) atoms. The minimum atomic E-state index is -4.73. The third-order valence-electron chi connectivity index (χ3n) is 3.93. The van der Waals surface area contributed by atoms with Crippen LogP contribution in [0.25, 0.3) is 5.57 Å². The molecule has 0 N–H and O–H groups in total. The van der Waals surface area contributed by atoms with E-state index in [0.29, 0.717) is 36.1 Å². The molecule has 0 spiro atoms. The molecule has 0 bridgehead atoms. The standard InChI is InChI=1S/C18H11ClF4O3/c19-14-6-11(18(21,22)23)7-15(20)17(14)26-12-4-3-9-1-2-10(5-16(24)25)13(9)8-12/h3-8H,1-2H2,(H,24,25)/p-1/b10-5-. The van der Waals surface area contributed by atoms with Gasteiger partial charge in [0, 0.05) is 0 Å². The van der Waals surface area contributed by atoms with Crippen LogP contribution in [-0.4, -0.2) is 5.97 Å². The lowest BCUT2D eigenvalue weighted by Gasteiger charge is -2.13. The van der Waals surface area contributed by atoms with Gasteiger partial charge in [-0.2, -0.15) is 13.2 Å². The first-order valence-corrected chi connectivity index (χ1v) is 7.82. The van der Waals surface area contributed by atoms with Crippen LogP contribution in [0.5, 0.6) is 11.5 Å². The molecule has 1 aliphatic rings. The van der Waals surface area contributed by atoms with Crippen LogP contribution in [0.1, 0.15) is 23.1 Å². The summed E-state index contributed by atoms with van der Waals surface area (Å²) in [5.74, 6) is -3.01. The van der Waals surface area contributed by atoms with E-state index in [4.69, 9.17) is 16.3 Å². The zero-order valence-corrected chi connectivity index (χ0v) is 13.7. The van der Waals surface area contributed by atoms with Crippen molar-refractivity contribution in [3.8, 4) is 11.5 Å². The van der Waals surface area contributed by atoms with Gasteiger partial charge in [-0.25, -0.2) is 4.39 Å². The van der Waals surface area contributed by atoms with E-state index in [1.807, 2.05) is 0 Å². The van der Waals surface area contributed by atoms with Crippen molar-refractivity contribution in [2.75, 3.05) is 0 Å². The molecular weight excluding hydrogens is 376 g/mol. The van der Waals surface area contributed by atoms with Crippen molar-refractivity contribution >= 4 is 23.1 Å². The number of ether oxygens (including phenoxy) is 1. The maximum absolute atomic E-state index is 14.0. The lowest BCUT2D eigenvalue weighted by atomic mass is 10.1. The Labute approximate surface area is 150 Å². The smallest absolute Gasteiger partial charge is 0.416 e. The van der Waals surface area contributed by atoms with E-state index in [2.05, 4.69) is 0 Å². The molecule has 0 saturated carbocycles. The average molecular weight is 386 g/mol. The van der Waals surface area contributed by atoms with Crippen molar-refractivity contribution < 1.29 is 32.2 Å². The van der Waals surface area contributed by atoms with Gasteiger partial charge in [-0.05, 0) is 59.9 Å². The van der Waals surface area contributed by atoms with Crippen molar-refractivity contribution in [2.24, 2.45) is 0 Å². The number of benzene rings is 2. The van der Waals surface area contributed by atoms with Gasteiger partial charge in [0.05, 0.1) is 16.6 Å². The van der Waals surface area contributed by atoms with Gasteiger partial charge >= 0.3 is 6.18 Å². The third-order valence-corrected chi connectivity index (χ3v) is 4.21. The maximum Gasteiger partial charge on any atom is 0.416 e. The largest absolute Gasteiger partial charge is 0.545 e. The van der Waals surface area contributed by atoms with Crippen LogP contribution in [0.4, 0.5) is 17.6 Å². The second-order valence-corrected chi connectivity index (χ2v) is 6.08. The Kier molecular flexibility index (Phi) is 4.66. The minimum Gasteiger partial charge on any atom is -0.545 e. The number of hydrogen-bond donors (Lipinski definition) is 0. The lowest BCUT2D eigenvalue weighted by Crippen LogP contribution is -2.19. The Bertz CT molecular complexity index is 896. The molecule has 2 aromatic carbocycles. The van der Waals surface area contributed by atoms with Gasteiger partial charge in [0.25, 0.3) is 0 Å². The van der Waals surface area contributed by atoms with E-state index in [0.717, 1.165) is 11.6 Å². The Balaban J connectivity index is 1.95. The molecule has 0 aromatic heterocycles. The highest BCUT2D eigenvalue weighted by Crippen LogP contribution is 2.40. The fourth-order valence-electron chi connectivity index (χ4n) is 2.77. The topological polar surface area (TPSA) is 49.4 Å². The molecule has 3 nitrogen and oxygen atoms in total. The molecule has 8 heteroatoms. The summed E-state index contributed by atoms with van der Waals surface area (Å²) in [6, 6.07) is 5.56. The van der Waals surface area contributed by atoms with E-state index < -0.39 is 34.3 Å². The quantitative estimate of drug-likeness (QED) is 0.582. The van der Waals surface area contributed by atoms with Gasteiger partial charge in [0.2, 0.25) is 0 Å². The van der Waals surface area contributed by atoms with Crippen molar-refractivity contribution in [1.29, 1.82) is 0 Å². The van der Waals surface area contributed by atoms with Gasteiger partial charge < -0.3 is 14.6 Å². The zero-order chi connectivity index (χ0) is 19.1. The molecule has 1 aliphatic carbocycles. The number of alkyl halides is 3. The number of allylic oxidation sites excluding steroid dienone is 1. The van der Waals surface area contributed by atoms with E-state index in [1.54, 1.807) is 6.07 Å². The fraction of sp³-hybridized carbons (Fsp3) is 0.167. The number of aryl methyl sites for hydroxylation is 1. The van der Waals surface area contributed by atoms with Crippen LogP contribution in [0.2, 0.25) is 5.02 Å². The Morgan fingerprint density at radius 3 is 2.54 bits per heavy atom. The van der Waals surface area contributed by atoms with Crippen LogP contribution in [0, 0.1) is 5.82 Å². The van der Waals surface area contributed by atoms with Crippen molar-refractivity contribution in [1.82, 2.24) is 0 Å². The van der Waals surface area contributed by atoms with E-state index in [9.17, 15) is 27.5 Å². The van der Waals surface area contributed by atoms with Gasteiger partial charge in [-0.1, -0.05) is 17.7 Å². The summed E-state index contributed by atoms with van der Waals surface area (Å²) in [5, 5.41) is 10.2. The maximum atomic E-state index is 14.0.